The molecular weight excluding hydrogens is 364 g/mol. The van der Waals surface area contributed by atoms with E-state index in [1.54, 1.807) is 11.0 Å². The molecule has 29 heavy (non-hydrogen) atoms. The maximum Gasteiger partial charge on any atom is 0.251 e. The van der Waals surface area contributed by atoms with Crippen LogP contribution in [0.3, 0.4) is 0 Å². The highest BCUT2D eigenvalue weighted by Gasteiger charge is 2.30. The van der Waals surface area contributed by atoms with Gasteiger partial charge in [-0.3, -0.25) is 9.59 Å². The summed E-state index contributed by atoms with van der Waals surface area (Å²) in [6, 6.07) is 18.3. The second kappa shape index (κ2) is 9.05. The third kappa shape index (κ3) is 4.74. The van der Waals surface area contributed by atoms with Crippen LogP contribution in [0.2, 0.25) is 0 Å². The summed E-state index contributed by atoms with van der Waals surface area (Å²) in [7, 11) is 0. The Morgan fingerprint density at radius 1 is 0.897 bits per heavy atom. The van der Waals surface area contributed by atoms with Crippen molar-refractivity contribution in [1.29, 1.82) is 0 Å². The number of amides is 2. The summed E-state index contributed by atoms with van der Waals surface area (Å²) in [6.45, 7) is 2.94. The minimum Gasteiger partial charge on any atom is -0.368 e. The molecule has 2 aliphatic rings. The van der Waals surface area contributed by atoms with Crippen LogP contribution in [0.5, 0.6) is 0 Å². The first-order chi connectivity index (χ1) is 14.2. The molecule has 4 rings (SSSR count). The monoisotopic (exact) mass is 390 g/mol. The van der Waals surface area contributed by atoms with Crippen molar-refractivity contribution < 1.29 is 14.3 Å². The van der Waals surface area contributed by atoms with Gasteiger partial charge in [0.1, 0.15) is 6.10 Å². The number of rotatable bonds is 4. The van der Waals surface area contributed by atoms with Crippen LogP contribution >= 0.6 is 0 Å². The molecule has 0 spiro atoms. The van der Waals surface area contributed by atoms with Gasteiger partial charge in [0.2, 0.25) is 5.91 Å². The number of hydrogen-bond acceptors (Lipinski definition) is 3. The summed E-state index contributed by atoms with van der Waals surface area (Å²) in [6.07, 6.45) is 4.96. The molecule has 1 atom stereocenters. The van der Waals surface area contributed by atoms with Crippen molar-refractivity contribution in [3.63, 3.8) is 0 Å². The number of ether oxygens (including phenoxy) is 1. The molecule has 0 N–H and O–H groups in total. The van der Waals surface area contributed by atoms with E-state index in [9.17, 15) is 9.59 Å². The van der Waals surface area contributed by atoms with Crippen LogP contribution in [0, 0.1) is 0 Å². The van der Waals surface area contributed by atoms with Crippen molar-refractivity contribution in [3.05, 3.63) is 66.2 Å². The van der Waals surface area contributed by atoms with E-state index in [-0.39, 0.29) is 17.9 Å². The Kier molecular flexibility index (Phi) is 6.06. The van der Waals surface area contributed by atoms with E-state index in [1.807, 2.05) is 41.3 Å². The van der Waals surface area contributed by atoms with Crippen LogP contribution in [0.25, 0.3) is 17.2 Å². The lowest BCUT2D eigenvalue weighted by molar-refractivity contribution is -0.144. The van der Waals surface area contributed by atoms with E-state index < -0.39 is 0 Å². The van der Waals surface area contributed by atoms with E-state index >= 15 is 0 Å². The molecule has 5 heteroatoms. The third-order valence-corrected chi connectivity index (χ3v) is 5.52. The maximum atomic E-state index is 12.6. The lowest BCUT2D eigenvalue weighted by atomic mass is 10.0. The molecule has 2 aromatic rings. The summed E-state index contributed by atoms with van der Waals surface area (Å²) < 4.78 is 5.49. The van der Waals surface area contributed by atoms with Crippen molar-refractivity contribution in [1.82, 2.24) is 9.80 Å². The van der Waals surface area contributed by atoms with Crippen molar-refractivity contribution in [2.75, 3.05) is 32.8 Å². The first-order valence-electron chi connectivity index (χ1n) is 10.2. The minimum absolute atomic E-state index is 0.0145. The Hall–Kier alpha value is -2.92. The zero-order chi connectivity index (χ0) is 20.1. The fourth-order valence-electron chi connectivity index (χ4n) is 3.85. The van der Waals surface area contributed by atoms with Crippen LogP contribution in [0.4, 0.5) is 0 Å². The van der Waals surface area contributed by atoms with Gasteiger partial charge in [-0.25, -0.2) is 0 Å². The van der Waals surface area contributed by atoms with Crippen LogP contribution in [-0.2, 0) is 14.3 Å². The van der Waals surface area contributed by atoms with Gasteiger partial charge in [-0.05, 0) is 41.7 Å². The van der Waals surface area contributed by atoms with E-state index in [0.717, 1.165) is 29.5 Å². The maximum absolute atomic E-state index is 12.6. The second-order valence-electron chi connectivity index (χ2n) is 7.48. The molecule has 2 saturated heterocycles. The van der Waals surface area contributed by atoms with Crippen molar-refractivity contribution in [2.24, 2.45) is 0 Å². The number of hydrogen-bond donors (Lipinski definition) is 0. The molecular formula is C24H26N2O3. The van der Waals surface area contributed by atoms with Gasteiger partial charge < -0.3 is 14.5 Å². The standard InChI is InChI=1S/C24H26N2O3/c27-23(25-13-15-26(16-14-25)24(28)22-10-5-17-29-22)12-11-19-6-4-9-21(18-19)20-7-2-1-3-8-20/h1-4,6-9,11-12,18,22H,5,10,13-17H2/b12-11+. The highest BCUT2D eigenvalue weighted by Crippen LogP contribution is 2.21. The molecule has 150 valence electrons. The molecule has 2 amide bonds. The molecule has 2 fully saturated rings. The van der Waals surface area contributed by atoms with Gasteiger partial charge in [0.25, 0.3) is 5.91 Å². The van der Waals surface area contributed by atoms with Gasteiger partial charge >= 0.3 is 0 Å². The zero-order valence-corrected chi connectivity index (χ0v) is 16.5. The average Bonchev–Trinajstić information content (AvgIpc) is 3.33. The smallest absolute Gasteiger partial charge is 0.251 e. The molecule has 1 unspecified atom stereocenters. The van der Waals surface area contributed by atoms with Crippen LogP contribution in [-0.4, -0.2) is 60.5 Å². The van der Waals surface area contributed by atoms with Gasteiger partial charge in [0.05, 0.1) is 0 Å². The molecule has 0 aliphatic carbocycles. The van der Waals surface area contributed by atoms with Crippen molar-refractivity contribution >= 4 is 17.9 Å². The molecule has 5 nitrogen and oxygen atoms in total. The quantitative estimate of drug-likeness (QED) is 0.754. The molecule has 0 aromatic heterocycles. The Balaban J connectivity index is 1.33. The topological polar surface area (TPSA) is 49.9 Å². The van der Waals surface area contributed by atoms with Crippen molar-refractivity contribution in [2.45, 2.75) is 18.9 Å². The van der Waals surface area contributed by atoms with Gasteiger partial charge in [-0.2, -0.15) is 0 Å². The molecule has 0 bridgehead atoms. The summed E-state index contributed by atoms with van der Waals surface area (Å²) in [5.41, 5.74) is 3.27. The molecule has 2 aromatic carbocycles. The van der Waals surface area contributed by atoms with Crippen LogP contribution in [0.1, 0.15) is 18.4 Å². The van der Waals surface area contributed by atoms with Crippen LogP contribution in [0.15, 0.2) is 60.7 Å². The zero-order valence-electron chi connectivity index (χ0n) is 16.5. The third-order valence-electron chi connectivity index (χ3n) is 5.52. The number of nitrogens with zero attached hydrogens (tertiary/aromatic N) is 2. The van der Waals surface area contributed by atoms with Gasteiger partial charge in [0.15, 0.2) is 0 Å². The first-order valence-corrected chi connectivity index (χ1v) is 10.2. The van der Waals surface area contributed by atoms with Gasteiger partial charge in [0, 0.05) is 38.9 Å². The van der Waals surface area contributed by atoms with Crippen LogP contribution < -0.4 is 0 Å². The summed E-state index contributed by atoms with van der Waals surface area (Å²) >= 11 is 0. The number of piperazine rings is 1. The normalized spacial score (nSPS) is 19.7. The molecule has 0 radical (unpaired) electrons. The Morgan fingerprint density at radius 2 is 1.62 bits per heavy atom. The predicted molar refractivity (Wildman–Crippen MR) is 113 cm³/mol. The lowest BCUT2D eigenvalue weighted by Crippen LogP contribution is -2.52. The molecule has 0 saturated carbocycles. The second-order valence-corrected chi connectivity index (χ2v) is 7.48. The molecule has 2 aliphatic heterocycles. The van der Waals surface area contributed by atoms with E-state index in [0.29, 0.717) is 32.8 Å². The Labute approximate surface area is 171 Å². The van der Waals surface area contributed by atoms with Gasteiger partial charge in [-0.1, -0.05) is 48.5 Å². The van der Waals surface area contributed by atoms with Crippen molar-refractivity contribution in [3.8, 4) is 11.1 Å². The SMILES string of the molecule is O=C(/C=C/c1cccc(-c2ccccc2)c1)N1CCN(C(=O)C2CCCO2)CC1. The predicted octanol–water partition coefficient (Wildman–Crippen LogP) is 3.22. The largest absolute Gasteiger partial charge is 0.368 e. The highest BCUT2D eigenvalue weighted by atomic mass is 16.5. The first kappa shape index (κ1) is 19.4. The Bertz CT molecular complexity index is 880. The average molecular weight is 390 g/mol. The lowest BCUT2D eigenvalue weighted by Gasteiger charge is -2.35. The fourth-order valence-corrected chi connectivity index (χ4v) is 3.85. The minimum atomic E-state index is -0.283. The number of benzene rings is 2. The fraction of sp³-hybridized carbons (Fsp3) is 0.333. The molecule has 2 heterocycles. The van der Waals surface area contributed by atoms with Gasteiger partial charge in [-0.15, -0.1) is 0 Å². The summed E-state index contributed by atoms with van der Waals surface area (Å²) in [5, 5.41) is 0. The number of carbonyl (C=O) groups is 2. The van der Waals surface area contributed by atoms with E-state index in [1.165, 1.54) is 0 Å². The number of carbonyl (C=O) groups excluding carboxylic acids is 2. The summed E-state index contributed by atoms with van der Waals surface area (Å²) in [4.78, 5) is 28.6. The Morgan fingerprint density at radius 3 is 2.34 bits per heavy atom. The van der Waals surface area contributed by atoms with E-state index in [4.69, 9.17) is 4.74 Å². The van der Waals surface area contributed by atoms with E-state index in [2.05, 4.69) is 24.3 Å². The highest BCUT2D eigenvalue weighted by molar-refractivity contribution is 5.92. The summed E-state index contributed by atoms with van der Waals surface area (Å²) in [5.74, 6) is 0.0576.